The van der Waals surface area contributed by atoms with Crippen LogP contribution in [0.15, 0.2) is 42.9 Å². The van der Waals surface area contributed by atoms with Gasteiger partial charge in [0.2, 0.25) is 0 Å². The summed E-state index contributed by atoms with van der Waals surface area (Å²) in [6.45, 7) is 2.34. The first-order chi connectivity index (χ1) is 11.3. The Bertz CT molecular complexity index is 589. The van der Waals surface area contributed by atoms with Crippen LogP contribution in [0.3, 0.4) is 0 Å². The number of aromatic amines is 1. The maximum absolute atomic E-state index is 12.2. The number of benzene rings is 1. The molecule has 0 aliphatic carbocycles. The number of carbonyl (C=O) groups excluding carboxylic acids is 1. The van der Waals surface area contributed by atoms with Crippen molar-refractivity contribution in [3.63, 3.8) is 0 Å². The average Bonchev–Trinajstić information content (AvgIpc) is 3.14. The zero-order valence-electron chi connectivity index (χ0n) is 13.4. The summed E-state index contributed by atoms with van der Waals surface area (Å²) < 4.78 is 0. The van der Waals surface area contributed by atoms with Gasteiger partial charge in [0.05, 0.1) is 12.0 Å². The summed E-state index contributed by atoms with van der Waals surface area (Å²) in [6.07, 6.45) is 7.64. The second-order valence-electron chi connectivity index (χ2n) is 6.08. The van der Waals surface area contributed by atoms with Crippen molar-refractivity contribution < 1.29 is 4.79 Å². The highest BCUT2D eigenvalue weighted by atomic mass is 16.2. The zero-order valence-corrected chi connectivity index (χ0v) is 13.4. The number of likely N-dealkylation sites (tertiary alicyclic amines) is 1. The number of imidazole rings is 1. The minimum Gasteiger partial charge on any atom is -0.351 e. The van der Waals surface area contributed by atoms with E-state index in [1.165, 1.54) is 5.56 Å². The van der Waals surface area contributed by atoms with Crippen LogP contribution in [0.1, 0.15) is 36.4 Å². The third-order valence-electron chi connectivity index (χ3n) is 4.48. The van der Waals surface area contributed by atoms with E-state index in [0.717, 1.165) is 51.0 Å². The van der Waals surface area contributed by atoms with Gasteiger partial charge >= 0.3 is 6.03 Å². The Hall–Kier alpha value is -2.30. The fourth-order valence-corrected chi connectivity index (χ4v) is 3.12. The standard InChI is InChI=1S/C18H24N4O/c23-18(20-10-4-7-15-5-2-1-3-6-15)22-11-8-16(9-12-22)17-13-19-14-21-17/h1-3,5-6,13-14,16H,4,7-12H2,(H,19,21)(H,20,23). The summed E-state index contributed by atoms with van der Waals surface area (Å²) in [6, 6.07) is 10.5. The fraction of sp³-hybridized carbons (Fsp3) is 0.444. The third-order valence-corrected chi connectivity index (χ3v) is 4.48. The summed E-state index contributed by atoms with van der Waals surface area (Å²) in [4.78, 5) is 21.4. The summed E-state index contributed by atoms with van der Waals surface area (Å²) in [5.74, 6) is 0.475. The van der Waals surface area contributed by atoms with E-state index in [1.807, 2.05) is 17.2 Å². The van der Waals surface area contributed by atoms with Gasteiger partial charge in [-0.1, -0.05) is 30.3 Å². The van der Waals surface area contributed by atoms with Crippen LogP contribution in [0.2, 0.25) is 0 Å². The van der Waals surface area contributed by atoms with Crippen molar-refractivity contribution in [3.05, 3.63) is 54.1 Å². The highest BCUT2D eigenvalue weighted by molar-refractivity contribution is 5.74. The molecule has 23 heavy (non-hydrogen) atoms. The predicted molar refractivity (Wildman–Crippen MR) is 90.3 cm³/mol. The number of H-pyrrole nitrogens is 1. The zero-order chi connectivity index (χ0) is 15.9. The number of hydrogen-bond acceptors (Lipinski definition) is 2. The summed E-state index contributed by atoms with van der Waals surface area (Å²) in [5.41, 5.74) is 2.44. The van der Waals surface area contributed by atoms with Crippen molar-refractivity contribution in [1.29, 1.82) is 0 Å². The first-order valence-corrected chi connectivity index (χ1v) is 8.38. The number of hydrogen-bond donors (Lipinski definition) is 2. The van der Waals surface area contributed by atoms with E-state index in [2.05, 4.69) is 39.6 Å². The van der Waals surface area contributed by atoms with E-state index in [0.29, 0.717) is 5.92 Å². The average molecular weight is 312 g/mol. The van der Waals surface area contributed by atoms with E-state index in [9.17, 15) is 4.79 Å². The van der Waals surface area contributed by atoms with Crippen LogP contribution >= 0.6 is 0 Å². The highest BCUT2D eigenvalue weighted by Gasteiger charge is 2.24. The van der Waals surface area contributed by atoms with E-state index in [4.69, 9.17) is 0 Å². The number of amides is 2. The molecule has 1 saturated heterocycles. The quantitative estimate of drug-likeness (QED) is 0.834. The Balaban J connectivity index is 1.35. The molecule has 1 aromatic carbocycles. The normalized spacial score (nSPS) is 15.6. The molecule has 2 heterocycles. The monoisotopic (exact) mass is 312 g/mol. The van der Waals surface area contributed by atoms with Gasteiger partial charge in [-0.15, -0.1) is 0 Å². The van der Waals surface area contributed by atoms with Gasteiger partial charge in [-0.2, -0.15) is 0 Å². The van der Waals surface area contributed by atoms with Gasteiger partial charge in [0.15, 0.2) is 0 Å². The molecule has 2 amide bonds. The molecule has 3 rings (SSSR count). The number of nitrogens with zero attached hydrogens (tertiary/aromatic N) is 2. The van der Waals surface area contributed by atoms with Crippen LogP contribution in [-0.4, -0.2) is 40.5 Å². The van der Waals surface area contributed by atoms with Crippen molar-refractivity contribution in [2.75, 3.05) is 19.6 Å². The van der Waals surface area contributed by atoms with Crippen LogP contribution in [0, 0.1) is 0 Å². The van der Waals surface area contributed by atoms with Crippen molar-refractivity contribution in [1.82, 2.24) is 20.2 Å². The Morgan fingerprint density at radius 2 is 2.04 bits per heavy atom. The molecule has 0 spiro atoms. The Kier molecular flexibility index (Phi) is 5.29. The summed E-state index contributed by atoms with van der Waals surface area (Å²) in [5, 5.41) is 3.04. The number of carbonyl (C=O) groups is 1. The highest BCUT2D eigenvalue weighted by Crippen LogP contribution is 2.25. The molecular formula is C18H24N4O. The van der Waals surface area contributed by atoms with Crippen LogP contribution in [-0.2, 0) is 6.42 Å². The van der Waals surface area contributed by atoms with Gasteiger partial charge in [-0.3, -0.25) is 0 Å². The fourth-order valence-electron chi connectivity index (χ4n) is 3.12. The molecular weight excluding hydrogens is 288 g/mol. The van der Waals surface area contributed by atoms with E-state index < -0.39 is 0 Å². The van der Waals surface area contributed by atoms with Gasteiger partial charge < -0.3 is 15.2 Å². The number of nitrogens with one attached hydrogen (secondary N) is 2. The van der Waals surface area contributed by atoms with E-state index >= 15 is 0 Å². The molecule has 0 unspecified atom stereocenters. The van der Waals surface area contributed by atoms with Crippen LogP contribution in [0.25, 0.3) is 0 Å². The smallest absolute Gasteiger partial charge is 0.317 e. The van der Waals surface area contributed by atoms with Crippen LogP contribution < -0.4 is 5.32 Å². The lowest BCUT2D eigenvalue weighted by atomic mass is 9.94. The van der Waals surface area contributed by atoms with Crippen LogP contribution in [0.5, 0.6) is 0 Å². The Labute approximate surface area is 137 Å². The number of urea groups is 1. The van der Waals surface area contributed by atoms with Crippen molar-refractivity contribution in [3.8, 4) is 0 Å². The molecule has 122 valence electrons. The van der Waals surface area contributed by atoms with Gasteiger partial charge in [-0.25, -0.2) is 9.78 Å². The Morgan fingerprint density at radius 1 is 1.26 bits per heavy atom. The molecule has 0 saturated carbocycles. The van der Waals surface area contributed by atoms with E-state index in [1.54, 1.807) is 6.33 Å². The maximum Gasteiger partial charge on any atom is 0.317 e. The molecule has 0 atom stereocenters. The van der Waals surface area contributed by atoms with Gasteiger partial charge in [0.1, 0.15) is 0 Å². The maximum atomic E-state index is 12.2. The molecule has 2 N–H and O–H groups in total. The van der Waals surface area contributed by atoms with Gasteiger partial charge in [0, 0.05) is 31.7 Å². The molecule has 0 radical (unpaired) electrons. The first-order valence-electron chi connectivity index (χ1n) is 8.38. The second kappa shape index (κ2) is 7.81. The Morgan fingerprint density at radius 3 is 2.74 bits per heavy atom. The lowest BCUT2D eigenvalue weighted by Gasteiger charge is -2.31. The molecule has 1 fully saturated rings. The number of aryl methyl sites for hydroxylation is 1. The molecule has 2 aromatic rings. The first kappa shape index (κ1) is 15.6. The number of rotatable bonds is 5. The molecule has 1 aromatic heterocycles. The molecule has 1 aliphatic rings. The SMILES string of the molecule is O=C(NCCCc1ccccc1)N1CCC(c2c[nH]cn2)CC1. The van der Waals surface area contributed by atoms with Crippen molar-refractivity contribution in [2.45, 2.75) is 31.6 Å². The minimum absolute atomic E-state index is 0.0681. The largest absolute Gasteiger partial charge is 0.351 e. The molecule has 1 aliphatic heterocycles. The second-order valence-corrected chi connectivity index (χ2v) is 6.08. The van der Waals surface area contributed by atoms with Gasteiger partial charge in [-0.05, 0) is 31.2 Å². The minimum atomic E-state index is 0.0681. The number of aromatic nitrogens is 2. The number of piperidine rings is 1. The van der Waals surface area contributed by atoms with Crippen LogP contribution in [0.4, 0.5) is 4.79 Å². The van der Waals surface area contributed by atoms with Crippen molar-refractivity contribution in [2.24, 2.45) is 0 Å². The predicted octanol–water partition coefficient (Wildman–Crippen LogP) is 2.93. The van der Waals surface area contributed by atoms with E-state index in [-0.39, 0.29) is 6.03 Å². The summed E-state index contributed by atoms with van der Waals surface area (Å²) >= 11 is 0. The lowest BCUT2D eigenvalue weighted by molar-refractivity contribution is 0.181. The van der Waals surface area contributed by atoms with Gasteiger partial charge in [0.25, 0.3) is 0 Å². The topological polar surface area (TPSA) is 61.0 Å². The lowest BCUT2D eigenvalue weighted by Crippen LogP contribution is -2.44. The summed E-state index contributed by atoms with van der Waals surface area (Å²) in [7, 11) is 0. The third kappa shape index (κ3) is 4.34. The molecule has 5 nitrogen and oxygen atoms in total. The van der Waals surface area contributed by atoms with Crippen molar-refractivity contribution >= 4 is 6.03 Å². The molecule has 5 heteroatoms. The molecule has 0 bridgehead atoms.